The monoisotopic (exact) mass is 563 g/mol. The standard InChI is InChI=1S/C29H30BrN3O2S/c1-31-23-13-14-25(35-2)28(30)26(23)27(24(31)20-36-22-11-7-4-8-12-22)29(34)33-17-15-32(16-18-33)19-21-9-5-3-6-10-21/h3-14H,15-20H2,1-2H3. The van der Waals surface area contributed by atoms with Crippen LogP contribution in [0.25, 0.3) is 10.9 Å². The average molecular weight is 565 g/mol. The summed E-state index contributed by atoms with van der Waals surface area (Å²) >= 11 is 5.50. The number of nitrogens with zero attached hydrogens (tertiary/aromatic N) is 3. The number of carbonyl (C=O) groups is 1. The lowest BCUT2D eigenvalue weighted by Crippen LogP contribution is -2.48. The second-order valence-electron chi connectivity index (χ2n) is 9.01. The van der Waals surface area contributed by atoms with Gasteiger partial charge in [-0.1, -0.05) is 48.5 Å². The van der Waals surface area contributed by atoms with Crippen molar-refractivity contribution in [2.75, 3.05) is 33.3 Å². The van der Waals surface area contributed by atoms with Crippen LogP contribution in [0, 0.1) is 0 Å². The number of aryl methyl sites for hydroxylation is 1. The van der Waals surface area contributed by atoms with Gasteiger partial charge in [-0.3, -0.25) is 9.69 Å². The van der Waals surface area contributed by atoms with Gasteiger partial charge in [-0.2, -0.15) is 0 Å². The minimum atomic E-state index is 0.0950. The predicted molar refractivity (Wildman–Crippen MR) is 151 cm³/mol. The molecule has 0 radical (unpaired) electrons. The number of carbonyl (C=O) groups excluding carboxylic acids is 1. The largest absolute Gasteiger partial charge is 0.496 e. The van der Waals surface area contributed by atoms with Gasteiger partial charge in [0.05, 0.1) is 22.7 Å². The molecule has 1 aliphatic rings. The summed E-state index contributed by atoms with van der Waals surface area (Å²) in [5.41, 5.74) is 4.14. The molecule has 0 unspecified atom stereocenters. The van der Waals surface area contributed by atoms with E-state index < -0.39 is 0 Å². The lowest BCUT2D eigenvalue weighted by atomic mass is 10.1. The molecule has 7 heteroatoms. The molecule has 5 nitrogen and oxygen atoms in total. The fourth-order valence-corrected chi connectivity index (χ4v) is 6.54. The number of aromatic nitrogens is 1. The third-order valence-electron chi connectivity index (χ3n) is 6.85. The number of hydrogen-bond acceptors (Lipinski definition) is 4. The molecule has 0 atom stereocenters. The zero-order chi connectivity index (χ0) is 25.1. The van der Waals surface area contributed by atoms with E-state index in [1.165, 1.54) is 10.5 Å². The number of fused-ring (bicyclic) bond motifs is 1. The van der Waals surface area contributed by atoms with Crippen molar-refractivity contribution >= 4 is 44.5 Å². The van der Waals surface area contributed by atoms with Crippen molar-refractivity contribution < 1.29 is 9.53 Å². The minimum Gasteiger partial charge on any atom is -0.496 e. The molecule has 0 spiro atoms. The summed E-state index contributed by atoms with van der Waals surface area (Å²) in [6.45, 7) is 4.08. The zero-order valence-corrected chi connectivity index (χ0v) is 23.0. The van der Waals surface area contributed by atoms with Crippen LogP contribution in [0.4, 0.5) is 0 Å². The van der Waals surface area contributed by atoms with Crippen molar-refractivity contribution in [1.29, 1.82) is 0 Å². The smallest absolute Gasteiger partial charge is 0.256 e. The highest BCUT2D eigenvalue weighted by molar-refractivity contribution is 9.10. The van der Waals surface area contributed by atoms with Gasteiger partial charge in [0.25, 0.3) is 5.91 Å². The van der Waals surface area contributed by atoms with Crippen LogP contribution in [-0.4, -0.2) is 53.6 Å². The van der Waals surface area contributed by atoms with E-state index in [-0.39, 0.29) is 5.91 Å². The number of amides is 1. The fourth-order valence-electron chi connectivity index (χ4n) is 4.86. The Kier molecular flexibility index (Phi) is 7.70. The number of hydrogen-bond donors (Lipinski definition) is 0. The molecular formula is C29H30BrN3O2S. The molecule has 3 aromatic carbocycles. The zero-order valence-electron chi connectivity index (χ0n) is 20.6. The third kappa shape index (κ3) is 5.05. The molecule has 186 valence electrons. The third-order valence-corrected chi connectivity index (χ3v) is 8.66. The van der Waals surface area contributed by atoms with Crippen LogP contribution in [0.1, 0.15) is 21.6 Å². The summed E-state index contributed by atoms with van der Waals surface area (Å²) in [5, 5.41) is 0.928. The molecule has 1 aliphatic heterocycles. The number of thioether (sulfide) groups is 1. The summed E-state index contributed by atoms with van der Waals surface area (Å²) in [7, 11) is 3.71. The van der Waals surface area contributed by atoms with E-state index in [2.05, 4.69) is 68.8 Å². The Morgan fingerprint density at radius 1 is 0.944 bits per heavy atom. The van der Waals surface area contributed by atoms with Crippen LogP contribution in [0.3, 0.4) is 0 Å². The number of rotatable bonds is 7. The van der Waals surface area contributed by atoms with Gasteiger partial charge in [0, 0.05) is 61.5 Å². The second-order valence-corrected chi connectivity index (χ2v) is 10.9. The highest BCUT2D eigenvalue weighted by Gasteiger charge is 2.29. The summed E-state index contributed by atoms with van der Waals surface area (Å²) in [6, 6.07) is 24.9. The SMILES string of the molecule is COc1ccc2c(c1Br)c(C(=O)N1CCN(Cc3ccccc3)CC1)c(CSc1ccccc1)n2C. The van der Waals surface area contributed by atoms with Gasteiger partial charge in [-0.15, -0.1) is 11.8 Å². The lowest BCUT2D eigenvalue weighted by molar-refractivity contribution is 0.0629. The Hall–Kier alpha value is -2.74. The Bertz CT molecular complexity index is 1350. The maximum Gasteiger partial charge on any atom is 0.256 e. The molecule has 2 heterocycles. The van der Waals surface area contributed by atoms with Gasteiger partial charge in [0.1, 0.15) is 5.75 Å². The summed E-state index contributed by atoms with van der Waals surface area (Å²) < 4.78 is 8.58. The highest BCUT2D eigenvalue weighted by Crippen LogP contribution is 2.40. The van der Waals surface area contributed by atoms with Crippen LogP contribution < -0.4 is 4.74 Å². The number of halogens is 1. The van der Waals surface area contributed by atoms with Gasteiger partial charge in [-0.25, -0.2) is 0 Å². The topological polar surface area (TPSA) is 37.7 Å². The van der Waals surface area contributed by atoms with Crippen LogP contribution >= 0.6 is 27.7 Å². The van der Waals surface area contributed by atoms with E-state index in [1.807, 2.05) is 41.3 Å². The Morgan fingerprint density at radius 2 is 1.61 bits per heavy atom. The summed E-state index contributed by atoms with van der Waals surface area (Å²) in [4.78, 5) is 19.7. The van der Waals surface area contributed by atoms with Gasteiger partial charge >= 0.3 is 0 Å². The van der Waals surface area contributed by atoms with Crippen molar-refractivity contribution in [1.82, 2.24) is 14.4 Å². The first kappa shape index (κ1) is 24.9. The molecule has 1 aromatic heterocycles. The van der Waals surface area contributed by atoms with Crippen LogP contribution in [0.5, 0.6) is 5.75 Å². The summed E-state index contributed by atoms with van der Waals surface area (Å²) in [6.07, 6.45) is 0. The maximum absolute atomic E-state index is 14.1. The number of ether oxygens (including phenoxy) is 1. The molecule has 1 saturated heterocycles. The Labute approximate surface area is 225 Å². The number of benzene rings is 3. The maximum atomic E-state index is 14.1. The van der Waals surface area contributed by atoms with E-state index in [0.29, 0.717) is 5.75 Å². The molecule has 1 fully saturated rings. The molecule has 0 bridgehead atoms. The normalized spacial score (nSPS) is 14.4. The quantitative estimate of drug-likeness (QED) is 0.251. The van der Waals surface area contributed by atoms with Crippen molar-refractivity contribution in [2.24, 2.45) is 7.05 Å². The molecule has 0 aliphatic carbocycles. The van der Waals surface area contributed by atoms with Crippen LogP contribution in [-0.2, 0) is 19.3 Å². The molecule has 36 heavy (non-hydrogen) atoms. The first-order chi connectivity index (χ1) is 17.6. The fraction of sp³-hybridized carbons (Fsp3) is 0.276. The van der Waals surface area contributed by atoms with Crippen LogP contribution in [0.2, 0.25) is 0 Å². The van der Waals surface area contributed by atoms with Gasteiger partial charge in [0.15, 0.2) is 0 Å². The molecular weight excluding hydrogens is 534 g/mol. The van der Waals surface area contributed by atoms with Crippen molar-refractivity contribution in [3.63, 3.8) is 0 Å². The number of piperazine rings is 1. The van der Waals surface area contributed by atoms with E-state index in [1.54, 1.807) is 18.9 Å². The van der Waals surface area contributed by atoms with Crippen molar-refractivity contribution in [2.45, 2.75) is 17.2 Å². The molecule has 5 rings (SSSR count). The average Bonchev–Trinajstić information content (AvgIpc) is 3.21. The summed E-state index contributed by atoms with van der Waals surface area (Å²) in [5.74, 6) is 1.54. The van der Waals surface area contributed by atoms with Crippen molar-refractivity contribution in [3.8, 4) is 5.75 Å². The Morgan fingerprint density at radius 3 is 2.28 bits per heavy atom. The van der Waals surface area contributed by atoms with Crippen LogP contribution in [0.15, 0.2) is 82.2 Å². The molecule has 0 saturated carbocycles. The van der Waals surface area contributed by atoms with E-state index in [9.17, 15) is 4.79 Å². The predicted octanol–water partition coefficient (Wildman–Crippen LogP) is 6.20. The van der Waals surface area contributed by atoms with Crippen molar-refractivity contribution in [3.05, 3.63) is 94.1 Å². The Balaban J connectivity index is 1.44. The number of methoxy groups -OCH3 is 1. The highest BCUT2D eigenvalue weighted by atomic mass is 79.9. The lowest BCUT2D eigenvalue weighted by Gasteiger charge is -2.35. The molecule has 1 amide bonds. The van der Waals surface area contributed by atoms with E-state index in [0.717, 1.165) is 65.1 Å². The van der Waals surface area contributed by atoms with E-state index >= 15 is 0 Å². The minimum absolute atomic E-state index is 0.0950. The first-order valence-corrected chi connectivity index (χ1v) is 13.9. The molecule has 4 aromatic rings. The first-order valence-electron chi connectivity index (χ1n) is 12.1. The second kappa shape index (κ2) is 11.1. The van der Waals surface area contributed by atoms with Gasteiger partial charge < -0.3 is 14.2 Å². The van der Waals surface area contributed by atoms with Gasteiger partial charge in [-0.05, 0) is 45.8 Å². The molecule has 0 N–H and O–H groups in total. The van der Waals surface area contributed by atoms with E-state index in [4.69, 9.17) is 4.74 Å². The van der Waals surface area contributed by atoms with Gasteiger partial charge in [0.2, 0.25) is 0 Å².